The highest BCUT2D eigenvalue weighted by Gasteiger charge is 2.09. The minimum Gasteiger partial charge on any atom is -0.256 e. The first kappa shape index (κ1) is 14.8. The average molecular weight is 332 g/mol. The third-order valence-corrected chi connectivity index (χ3v) is 4.72. The molecule has 0 aliphatic rings. The number of aromatic nitrogens is 2. The highest BCUT2D eigenvalue weighted by atomic mass is 14.7. The van der Waals surface area contributed by atoms with Crippen molar-refractivity contribution in [2.45, 2.75) is 0 Å². The van der Waals surface area contributed by atoms with E-state index in [9.17, 15) is 0 Å². The Bertz CT molecular complexity index is 1210. The Morgan fingerprint density at radius 3 is 2.00 bits per heavy atom. The smallest absolute Gasteiger partial charge is 0.0789 e. The fourth-order valence-electron chi connectivity index (χ4n) is 3.44. The van der Waals surface area contributed by atoms with Crippen LogP contribution in [0.3, 0.4) is 0 Å². The predicted octanol–water partition coefficient (Wildman–Crippen LogP) is 6.12. The lowest BCUT2D eigenvalue weighted by atomic mass is 10.0. The number of fused-ring (bicyclic) bond motifs is 3. The minimum atomic E-state index is 0.990. The van der Waals surface area contributed by atoms with Gasteiger partial charge in [-0.3, -0.25) is 4.98 Å². The molecule has 0 saturated carbocycles. The van der Waals surface area contributed by atoms with E-state index in [1.807, 2.05) is 42.6 Å². The Morgan fingerprint density at radius 1 is 0.538 bits per heavy atom. The van der Waals surface area contributed by atoms with E-state index in [0.29, 0.717) is 0 Å². The predicted molar refractivity (Wildman–Crippen MR) is 108 cm³/mol. The van der Waals surface area contributed by atoms with Crippen molar-refractivity contribution in [1.82, 2.24) is 9.97 Å². The summed E-state index contributed by atoms with van der Waals surface area (Å²) in [6, 6.07) is 31.2. The van der Waals surface area contributed by atoms with Gasteiger partial charge in [0.05, 0.1) is 16.9 Å². The second-order valence-electron chi connectivity index (χ2n) is 6.32. The zero-order valence-electron chi connectivity index (χ0n) is 14.1. The van der Waals surface area contributed by atoms with Crippen LogP contribution >= 0.6 is 0 Å². The molecule has 0 atom stereocenters. The van der Waals surface area contributed by atoms with E-state index in [2.05, 4.69) is 59.6 Å². The van der Waals surface area contributed by atoms with Crippen molar-refractivity contribution < 1.29 is 0 Å². The Hall–Kier alpha value is -3.52. The summed E-state index contributed by atoms with van der Waals surface area (Å²) in [6.45, 7) is 0. The number of rotatable bonds is 2. The fourth-order valence-corrected chi connectivity index (χ4v) is 3.44. The van der Waals surface area contributed by atoms with E-state index >= 15 is 0 Å². The molecule has 122 valence electrons. The molecule has 3 aromatic carbocycles. The molecular formula is C24H16N2. The van der Waals surface area contributed by atoms with E-state index in [4.69, 9.17) is 4.98 Å². The summed E-state index contributed by atoms with van der Waals surface area (Å²) >= 11 is 0. The Labute approximate surface area is 151 Å². The van der Waals surface area contributed by atoms with Crippen molar-refractivity contribution in [1.29, 1.82) is 0 Å². The van der Waals surface area contributed by atoms with Gasteiger partial charge < -0.3 is 0 Å². The quantitative estimate of drug-likeness (QED) is 0.364. The maximum absolute atomic E-state index is 4.98. The molecule has 0 saturated heterocycles. The van der Waals surface area contributed by atoms with E-state index in [1.54, 1.807) is 0 Å². The molecule has 5 aromatic rings. The lowest BCUT2D eigenvalue weighted by Gasteiger charge is -2.09. The largest absolute Gasteiger partial charge is 0.256 e. The summed E-state index contributed by atoms with van der Waals surface area (Å²) < 4.78 is 0. The summed E-state index contributed by atoms with van der Waals surface area (Å²) in [5.74, 6) is 0. The number of hydrogen-bond acceptors (Lipinski definition) is 2. The molecule has 5 rings (SSSR count). The molecule has 0 unspecified atom stereocenters. The van der Waals surface area contributed by atoms with Gasteiger partial charge in [0.1, 0.15) is 0 Å². The normalized spacial score (nSPS) is 11.1. The third-order valence-electron chi connectivity index (χ3n) is 4.72. The first-order chi connectivity index (χ1) is 12.9. The van der Waals surface area contributed by atoms with Gasteiger partial charge in [0.25, 0.3) is 0 Å². The van der Waals surface area contributed by atoms with Crippen LogP contribution in [0.15, 0.2) is 97.2 Å². The zero-order valence-corrected chi connectivity index (χ0v) is 14.1. The SMILES string of the molecule is c1ccc(-c2ccc3ccc4c(-c5ccccc5)nccc4c3n2)cc1. The van der Waals surface area contributed by atoms with Crippen LogP contribution in [-0.2, 0) is 0 Å². The zero-order chi connectivity index (χ0) is 17.3. The van der Waals surface area contributed by atoms with E-state index in [-0.39, 0.29) is 0 Å². The number of pyridine rings is 2. The Morgan fingerprint density at radius 2 is 1.23 bits per heavy atom. The summed E-state index contributed by atoms with van der Waals surface area (Å²) in [5.41, 5.74) is 5.25. The second kappa shape index (κ2) is 6.08. The molecular weight excluding hydrogens is 316 g/mol. The monoisotopic (exact) mass is 332 g/mol. The van der Waals surface area contributed by atoms with Crippen LogP contribution in [0.4, 0.5) is 0 Å². The molecule has 0 fully saturated rings. The van der Waals surface area contributed by atoms with E-state index in [0.717, 1.165) is 44.2 Å². The van der Waals surface area contributed by atoms with E-state index in [1.165, 1.54) is 0 Å². The highest BCUT2D eigenvalue weighted by Crippen LogP contribution is 2.32. The van der Waals surface area contributed by atoms with Gasteiger partial charge in [0.2, 0.25) is 0 Å². The summed E-state index contributed by atoms with van der Waals surface area (Å²) in [7, 11) is 0. The van der Waals surface area contributed by atoms with Crippen LogP contribution in [0, 0.1) is 0 Å². The molecule has 0 N–H and O–H groups in total. The maximum Gasteiger partial charge on any atom is 0.0789 e. The van der Waals surface area contributed by atoms with Crippen molar-refractivity contribution >= 4 is 21.7 Å². The minimum absolute atomic E-state index is 0.990. The molecule has 2 aromatic heterocycles. The first-order valence-corrected chi connectivity index (χ1v) is 8.69. The van der Waals surface area contributed by atoms with Gasteiger partial charge in [-0.2, -0.15) is 0 Å². The van der Waals surface area contributed by atoms with Gasteiger partial charge in [-0.15, -0.1) is 0 Å². The van der Waals surface area contributed by atoms with Crippen LogP contribution in [0.5, 0.6) is 0 Å². The second-order valence-corrected chi connectivity index (χ2v) is 6.32. The van der Waals surface area contributed by atoms with Crippen molar-refractivity contribution in [3.63, 3.8) is 0 Å². The van der Waals surface area contributed by atoms with Gasteiger partial charge >= 0.3 is 0 Å². The molecule has 2 heterocycles. The number of nitrogens with zero attached hydrogens (tertiary/aromatic N) is 2. The van der Waals surface area contributed by atoms with E-state index < -0.39 is 0 Å². The maximum atomic E-state index is 4.98. The van der Waals surface area contributed by atoms with Gasteiger partial charge in [-0.25, -0.2) is 4.98 Å². The summed E-state index contributed by atoms with van der Waals surface area (Å²) in [5, 5.41) is 3.40. The van der Waals surface area contributed by atoms with Crippen LogP contribution < -0.4 is 0 Å². The van der Waals surface area contributed by atoms with Crippen LogP contribution in [-0.4, -0.2) is 9.97 Å². The van der Waals surface area contributed by atoms with Crippen molar-refractivity contribution in [2.24, 2.45) is 0 Å². The van der Waals surface area contributed by atoms with Crippen LogP contribution in [0.1, 0.15) is 0 Å². The Kier molecular flexibility index (Phi) is 3.46. The molecule has 0 amide bonds. The number of hydrogen-bond donors (Lipinski definition) is 0. The Balaban J connectivity index is 1.79. The lowest BCUT2D eigenvalue weighted by Crippen LogP contribution is -1.90. The highest BCUT2D eigenvalue weighted by molar-refractivity contribution is 6.09. The molecule has 26 heavy (non-hydrogen) atoms. The number of benzene rings is 3. The summed E-state index contributed by atoms with van der Waals surface area (Å²) in [6.07, 6.45) is 1.88. The van der Waals surface area contributed by atoms with Crippen molar-refractivity contribution in [2.75, 3.05) is 0 Å². The molecule has 2 heteroatoms. The third kappa shape index (κ3) is 2.44. The summed E-state index contributed by atoms with van der Waals surface area (Å²) in [4.78, 5) is 9.62. The van der Waals surface area contributed by atoms with Gasteiger partial charge in [-0.1, -0.05) is 78.9 Å². The van der Waals surface area contributed by atoms with Gasteiger partial charge in [0, 0.05) is 33.5 Å². The molecule has 0 aliphatic carbocycles. The standard InChI is InChI=1S/C24H16N2/c1-3-7-17(8-4-1)22-14-12-19-11-13-20-21(24(19)26-22)15-16-25-23(20)18-9-5-2-6-10-18/h1-16H. The first-order valence-electron chi connectivity index (χ1n) is 8.69. The molecule has 0 bridgehead atoms. The average Bonchev–Trinajstić information content (AvgIpc) is 2.74. The topological polar surface area (TPSA) is 25.8 Å². The molecule has 2 nitrogen and oxygen atoms in total. The van der Waals surface area contributed by atoms with Gasteiger partial charge in [-0.05, 0) is 12.1 Å². The van der Waals surface area contributed by atoms with Crippen LogP contribution in [0.2, 0.25) is 0 Å². The molecule has 0 aliphatic heterocycles. The lowest BCUT2D eigenvalue weighted by molar-refractivity contribution is 1.35. The van der Waals surface area contributed by atoms with Crippen LogP contribution in [0.25, 0.3) is 44.2 Å². The fraction of sp³-hybridized carbons (Fsp3) is 0. The van der Waals surface area contributed by atoms with Gasteiger partial charge in [0.15, 0.2) is 0 Å². The molecule has 0 spiro atoms. The van der Waals surface area contributed by atoms with Crippen molar-refractivity contribution in [3.05, 3.63) is 97.2 Å². The van der Waals surface area contributed by atoms with Crippen molar-refractivity contribution in [3.8, 4) is 22.5 Å². The molecule has 0 radical (unpaired) electrons.